The normalized spacial score (nSPS) is 15.3. The van der Waals surface area contributed by atoms with Crippen molar-refractivity contribution in [3.63, 3.8) is 0 Å². The van der Waals surface area contributed by atoms with Gasteiger partial charge in [0.25, 0.3) is 5.22 Å². The van der Waals surface area contributed by atoms with Crippen molar-refractivity contribution in [2.75, 3.05) is 32.5 Å². The second-order valence-electron chi connectivity index (χ2n) is 7.72. The van der Waals surface area contributed by atoms with Gasteiger partial charge >= 0.3 is 0 Å². The molecule has 1 aromatic heterocycles. The molecule has 2 heterocycles. The minimum Gasteiger partial charge on any atom is -0.497 e. The lowest BCUT2D eigenvalue weighted by molar-refractivity contribution is -0.118. The van der Waals surface area contributed by atoms with Gasteiger partial charge in [-0.1, -0.05) is 48.5 Å². The van der Waals surface area contributed by atoms with Gasteiger partial charge in [0.05, 0.1) is 18.9 Å². The first-order valence-corrected chi connectivity index (χ1v) is 11.9. The number of hydrogen-bond acceptors (Lipinski definition) is 7. The van der Waals surface area contributed by atoms with Gasteiger partial charge in [0.15, 0.2) is 0 Å². The summed E-state index contributed by atoms with van der Waals surface area (Å²) in [5, 5.41) is 11.6. The van der Waals surface area contributed by atoms with Gasteiger partial charge in [-0.3, -0.25) is 9.69 Å². The summed E-state index contributed by atoms with van der Waals surface area (Å²) in [7, 11) is 1.67. The van der Waals surface area contributed by atoms with Crippen molar-refractivity contribution in [3.8, 4) is 17.2 Å². The van der Waals surface area contributed by atoms with Gasteiger partial charge in [-0.2, -0.15) is 0 Å². The highest BCUT2D eigenvalue weighted by Crippen LogP contribution is 2.26. The molecule has 1 N–H and O–H groups in total. The maximum Gasteiger partial charge on any atom is 0.277 e. The Morgan fingerprint density at radius 3 is 2.56 bits per heavy atom. The SMILES string of the molecule is COc1ccc(C(CNC(=O)CSc2nnc(-c3ccccc3)o2)N2CCCCC2)cc1. The average molecular weight is 453 g/mol. The summed E-state index contributed by atoms with van der Waals surface area (Å²) < 4.78 is 11.0. The van der Waals surface area contributed by atoms with Crippen LogP contribution in [-0.2, 0) is 4.79 Å². The van der Waals surface area contributed by atoms with Crippen LogP contribution in [0.3, 0.4) is 0 Å². The standard InChI is InChI=1S/C24H28N4O3S/c1-30-20-12-10-18(11-13-20)21(28-14-6-3-7-15-28)16-25-22(29)17-32-24-27-26-23(31-24)19-8-4-2-5-9-19/h2,4-5,8-13,21H,3,6-7,14-17H2,1H3,(H,25,29). The number of ether oxygens (including phenoxy) is 1. The smallest absolute Gasteiger partial charge is 0.277 e. The molecule has 32 heavy (non-hydrogen) atoms. The molecular formula is C24H28N4O3S. The Morgan fingerprint density at radius 2 is 1.84 bits per heavy atom. The Balaban J connectivity index is 1.33. The molecule has 3 aromatic rings. The third kappa shape index (κ3) is 5.89. The van der Waals surface area contributed by atoms with Crippen molar-refractivity contribution in [1.82, 2.24) is 20.4 Å². The van der Waals surface area contributed by atoms with E-state index in [4.69, 9.17) is 9.15 Å². The van der Waals surface area contributed by atoms with Crippen LogP contribution in [0.4, 0.5) is 0 Å². The second kappa shape index (κ2) is 11.2. The third-order valence-electron chi connectivity index (χ3n) is 5.58. The summed E-state index contributed by atoms with van der Waals surface area (Å²) in [5.74, 6) is 1.47. The minimum atomic E-state index is -0.0509. The van der Waals surface area contributed by atoms with Crippen LogP contribution in [-0.4, -0.2) is 53.5 Å². The fraction of sp³-hybridized carbons (Fsp3) is 0.375. The van der Waals surface area contributed by atoms with Gasteiger partial charge in [-0.25, -0.2) is 0 Å². The molecular weight excluding hydrogens is 424 g/mol. The van der Waals surface area contributed by atoms with Crippen LogP contribution >= 0.6 is 11.8 Å². The predicted octanol–water partition coefficient (Wildman–Crippen LogP) is 4.18. The summed E-state index contributed by atoms with van der Waals surface area (Å²) in [4.78, 5) is 15.0. The zero-order chi connectivity index (χ0) is 22.2. The molecule has 0 bridgehead atoms. The number of methoxy groups -OCH3 is 1. The topological polar surface area (TPSA) is 80.5 Å². The number of piperidine rings is 1. The first-order valence-electron chi connectivity index (χ1n) is 10.9. The molecule has 168 valence electrons. The molecule has 4 rings (SSSR count). The Hall–Kier alpha value is -2.84. The van der Waals surface area contributed by atoms with Crippen LogP contribution < -0.4 is 10.1 Å². The Kier molecular flexibility index (Phi) is 7.79. The molecule has 1 saturated heterocycles. The van der Waals surface area contributed by atoms with E-state index in [1.807, 2.05) is 42.5 Å². The van der Waals surface area contributed by atoms with Crippen molar-refractivity contribution in [2.45, 2.75) is 30.5 Å². The van der Waals surface area contributed by atoms with Gasteiger partial charge in [0.1, 0.15) is 5.75 Å². The highest BCUT2D eigenvalue weighted by atomic mass is 32.2. The first kappa shape index (κ1) is 22.4. The molecule has 1 fully saturated rings. The Labute approximate surface area is 192 Å². The van der Waals surface area contributed by atoms with Crippen molar-refractivity contribution >= 4 is 17.7 Å². The predicted molar refractivity (Wildman–Crippen MR) is 125 cm³/mol. The Bertz CT molecular complexity index is 988. The molecule has 7 nitrogen and oxygen atoms in total. The molecule has 1 amide bonds. The molecule has 2 aromatic carbocycles. The zero-order valence-electron chi connectivity index (χ0n) is 18.2. The summed E-state index contributed by atoms with van der Waals surface area (Å²) in [6.07, 6.45) is 3.65. The molecule has 1 aliphatic heterocycles. The molecule has 1 aliphatic rings. The van der Waals surface area contributed by atoms with E-state index in [-0.39, 0.29) is 17.7 Å². The molecule has 1 atom stereocenters. The molecule has 0 spiro atoms. The summed E-state index contributed by atoms with van der Waals surface area (Å²) in [6.45, 7) is 2.65. The van der Waals surface area contributed by atoms with Gasteiger partial charge in [-0.05, 0) is 55.8 Å². The van der Waals surface area contributed by atoms with Crippen LogP contribution in [0, 0.1) is 0 Å². The summed E-state index contributed by atoms with van der Waals surface area (Å²) in [5.41, 5.74) is 2.05. The number of amides is 1. The monoisotopic (exact) mass is 452 g/mol. The van der Waals surface area contributed by atoms with Crippen LogP contribution in [0.2, 0.25) is 0 Å². The van der Waals surface area contributed by atoms with Crippen LogP contribution in [0.15, 0.2) is 64.2 Å². The highest BCUT2D eigenvalue weighted by Gasteiger charge is 2.23. The van der Waals surface area contributed by atoms with Crippen molar-refractivity contribution in [3.05, 3.63) is 60.2 Å². The van der Waals surface area contributed by atoms with Crippen molar-refractivity contribution < 1.29 is 13.9 Å². The van der Waals surface area contributed by atoms with Gasteiger partial charge < -0.3 is 14.5 Å². The lowest BCUT2D eigenvalue weighted by Crippen LogP contribution is -2.41. The van der Waals surface area contributed by atoms with Crippen molar-refractivity contribution in [2.24, 2.45) is 0 Å². The summed E-state index contributed by atoms with van der Waals surface area (Å²) in [6, 6.07) is 17.9. The van der Waals surface area contributed by atoms with E-state index in [0.717, 1.165) is 24.4 Å². The van der Waals surface area contributed by atoms with Crippen molar-refractivity contribution in [1.29, 1.82) is 0 Å². The number of carbonyl (C=O) groups excluding carboxylic acids is 1. The van der Waals surface area contributed by atoms with Gasteiger partial charge in [0.2, 0.25) is 11.8 Å². The first-order chi connectivity index (χ1) is 15.7. The zero-order valence-corrected chi connectivity index (χ0v) is 19.0. The maximum atomic E-state index is 12.6. The van der Waals surface area contributed by atoms with Crippen LogP contribution in [0.5, 0.6) is 5.75 Å². The summed E-state index contributed by atoms with van der Waals surface area (Å²) >= 11 is 1.25. The molecule has 8 heteroatoms. The number of rotatable bonds is 9. The molecule has 1 unspecified atom stereocenters. The van der Waals surface area contributed by atoms with E-state index in [9.17, 15) is 4.79 Å². The van der Waals surface area contributed by atoms with Gasteiger partial charge in [-0.15, -0.1) is 10.2 Å². The number of carbonyl (C=O) groups is 1. The highest BCUT2D eigenvalue weighted by molar-refractivity contribution is 7.99. The largest absolute Gasteiger partial charge is 0.497 e. The third-order valence-corrected chi connectivity index (χ3v) is 6.40. The van der Waals surface area contributed by atoms with E-state index in [0.29, 0.717) is 17.7 Å². The minimum absolute atomic E-state index is 0.0509. The Morgan fingerprint density at radius 1 is 1.09 bits per heavy atom. The average Bonchev–Trinajstić information content (AvgIpc) is 3.34. The number of aromatic nitrogens is 2. The maximum absolute atomic E-state index is 12.6. The number of hydrogen-bond donors (Lipinski definition) is 1. The van der Waals surface area contributed by atoms with Crippen LogP contribution in [0.25, 0.3) is 11.5 Å². The lowest BCUT2D eigenvalue weighted by Gasteiger charge is -2.35. The second-order valence-corrected chi connectivity index (χ2v) is 8.64. The van der Waals surface area contributed by atoms with Crippen LogP contribution in [0.1, 0.15) is 30.9 Å². The fourth-order valence-electron chi connectivity index (χ4n) is 3.87. The molecule has 0 aliphatic carbocycles. The number of thioether (sulfide) groups is 1. The van der Waals surface area contributed by atoms with E-state index in [1.165, 1.54) is 36.6 Å². The number of likely N-dealkylation sites (tertiary alicyclic amines) is 1. The lowest BCUT2D eigenvalue weighted by atomic mass is 10.0. The van der Waals surface area contributed by atoms with E-state index in [1.54, 1.807) is 7.11 Å². The fourth-order valence-corrected chi connectivity index (χ4v) is 4.46. The number of nitrogens with zero attached hydrogens (tertiary/aromatic N) is 3. The van der Waals surface area contributed by atoms with E-state index < -0.39 is 0 Å². The van der Waals surface area contributed by atoms with E-state index in [2.05, 4.69) is 32.5 Å². The number of nitrogens with one attached hydrogen (secondary N) is 1. The van der Waals surface area contributed by atoms with Gasteiger partial charge in [0, 0.05) is 12.1 Å². The molecule has 0 radical (unpaired) electrons. The van der Waals surface area contributed by atoms with E-state index >= 15 is 0 Å². The number of benzene rings is 2. The quantitative estimate of drug-likeness (QED) is 0.488. The molecule has 0 saturated carbocycles.